The third-order valence-electron chi connectivity index (χ3n) is 3.38. The number of aryl methyl sites for hydroxylation is 2. The van der Waals surface area contributed by atoms with E-state index in [9.17, 15) is 4.79 Å². The Kier molecular flexibility index (Phi) is 5.57. The summed E-state index contributed by atoms with van der Waals surface area (Å²) in [4.78, 5) is 20.5. The minimum Gasteiger partial charge on any atom is -0.493 e. The summed E-state index contributed by atoms with van der Waals surface area (Å²) in [6.07, 6.45) is 1.51. The third-order valence-corrected chi connectivity index (χ3v) is 4.23. The molecule has 1 aliphatic rings. The highest BCUT2D eigenvalue weighted by atomic mass is 32.2. The molecule has 0 spiro atoms. The zero-order chi connectivity index (χ0) is 18.5. The van der Waals surface area contributed by atoms with Gasteiger partial charge < -0.3 is 14.2 Å². The van der Waals surface area contributed by atoms with Gasteiger partial charge in [-0.05, 0) is 32.0 Å². The van der Waals surface area contributed by atoms with Crippen molar-refractivity contribution >= 4 is 23.9 Å². The maximum atomic E-state index is 11.9. The number of methoxy groups -OCH3 is 1. The van der Waals surface area contributed by atoms with Crippen molar-refractivity contribution in [3.8, 4) is 17.2 Å². The molecule has 9 heteroatoms. The Morgan fingerprint density at radius 1 is 1.31 bits per heavy atom. The fourth-order valence-corrected chi connectivity index (χ4v) is 3.07. The van der Waals surface area contributed by atoms with E-state index in [2.05, 4.69) is 20.5 Å². The van der Waals surface area contributed by atoms with Crippen LogP contribution < -0.4 is 19.6 Å². The maximum absolute atomic E-state index is 11.9. The molecule has 8 nitrogen and oxygen atoms in total. The molecule has 0 atom stereocenters. The molecule has 2 aromatic rings. The summed E-state index contributed by atoms with van der Waals surface area (Å²) in [5, 5.41) is 4.53. The molecule has 1 aromatic carbocycles. The van der Waals surface area contributed by atoms with Crippen LogP contribution in [-0.2, 0) is 4.79 Å². The highest BCUT2D eigenvalue weighted by Gasteiger charge is 2.19. The summed E-state index contributed by atoms with van der Waals surface area (Å²) in [6, 6.07) is 5.40. The zero-order valence-corrected chi connectivity index (χ0v) is 15.4. The SMILES string of the molecule is COc1cc(/C=N\NC(=O)CSc2nc(C)cc(C)n2)cc2c1OCO2. The first kappa shape index (κ1) is 18.0. The fourth-order valence-electron chi connectivity index (χ4n) is 2.32. The third kappa shape index (κ3) is 4.42. The second kappa shape index (κ2) is 8.05. The van der Waals surface area contributed by atoms with E-state index in [-0.39, 0.29) is 18.5 Å². The summed E-state index contributed by atoms with van der Waals surface area (Å²) in [5.41, 5.74) is 4.94. The first-order chi connectivity index (χ1) is 12.5. The topological polar surface area (TPSA) is 94.9 Å². The molecule has 3 rings (SSSR count). The number of aromatic nitrogens is 2. The average Bonchev–Trinajstić information content (AvgIpc) is 3.07. The van der Waals surface area contributed by atoms with Crippen molar-refractivity contribution in [1.82, 2.24) is 15.4 Å². The van der Waals surface area contributed by atoms with Gasteiger partial charge in [0.15, 0.2) is 16.7 Å². The van der Waals surface area contributed by atoms with Crippen LogP contribution in [-0.4, -0.2) is 41.7 Å². The molecule has 0 saturated heterocycles. The Hall–Kier alpha value is -2.81. The number of benzene rings is 1. The molecule has 0 bridgehead atoms. The summed E-state index contributed by atoms with van der Waals surface area (Å²) in [6.45, 7) is 3.94. The van der Waals surface area contributed by atoms with Crippen molar-refractivity contribution in [2.45, 2.75) is 19.0 Å². The van der Waals surface area contributed by atoms with Crippen LogP contribution in [0.5, 0.6) is 17.2 Å². The predicted molar refractivity (Wildman–Crippen MR) is 97.1 cm³/mol. The van der Waals surface area contributed by atoms with E-state index in [1.54, 1.807) is 19.2 Å². The molecule has 1 aliphatic heterocycles. The van der Waals surface area contributed by atoms with Crippen LogP contribution in [0, 0.1) is 13.8 Å². The molecule has 0 aliphatic carbocycles. The summed E-state index contributed by atoms with van der Waals surface area (Å²) in [5.74, 6) is 1.63. The van der Waals surface area contributed by atoms with Gasteiger partial charge in [-0.2, -0.15) is 5.10 Å². The second-order valence-corrected chi connectivity index (χ2v) is 6.41. The number of nitrogens with one attached hydrogen (secondary N) is 1. The smallest absolute Gasteiger partial charge is 0.250 e. The van der Waals surface area contributed by atoms with Crippen LogP contribution in [0.2, 0.25) is 0 Å². The lowest BCUT2D eigenvalue weighted by Gasteiger charge is -2.05. The van der Waals surface area contributed by atoms with E-state index in [4.69, 9.17) is 14.2 Å². The first-order valence-electron chi connectivity index (χ1n) is 7.80. The lowest BCUT2D eigenvalue weighted by atomic mass is 10.2. The largest absolute Gasteiger partial charge is 0.493 e. The van der Waals surface area contributed by atoms with Crippen molar-refractivity contribution in [3.63, 3.8) is 0 Å². The Morgan fingerprint density at radius 3 is 2.81 bits per heavy atom. The van der Waals surface area contributed by atoms with Crippen LogP contribution in [0.15, 0.2) is 28.5 Å². The average molecular weight is 374 g/mol. The standard InChI is InChI=1S/C17H18N4O4S/c1-10-4-11(2)20-17(19-10)26-8-15(22)21-18-7-12-5-13(23-3)16-14(6-12)24-9-25-16/h4-7H,8-9H2,1-3H3,(H,21,22)/b18-7-. The van der Waals surface area contributed by atoms with Gasteiger partial charge in [-0.15, -0.1) is 0 Å². The van der Waals surface area contributed by atoms with Crippen LogP contribution in [0.1, 0.15) is 17.0 Å². The van der Waals surface area contributed by atoms with Crippen molar-refractivity contribution in [3.05, 3.63) is 35.2 Å². The molecule has 26 heavy (non-hydrogen) atoms. The molecule has 0 unspecified atom stereocenters. The monoisotopic (exact) mass is 374 g/mol. The van der Waals surface area contributed by atoms with Gasteiger partial charge in [0, 0.05) is 17.0 Å². The molecule has 2 heterocycles. The van der Waals surface area contributed by atoms with Gasteiger partial charge in [-0.3, -0.25) is 4.79 Å². The Labute approximate surface area is 155 Å². The number of amides is 1. The van der Waals surface area contributed by atoms with Gasteiger partial charge >= 0.3 is 0 Å². The summed E-state index contributed by atoms with van der Waals surface area (Å²) < 4.78 is 15.9. The van der Waals surface area contributed by atoms with E-state index in [1.165, 1.54) is 18.0 Å². The van der Waals surface area contributed by atoms with Crippen molar-refractivity contribution in [2.24, 2.45) is 5.10 Å². The molecule has 0 radical (unpaired) electrons. The summed E-state index contributed by atoms with van der Waals surface area (Å²) >= 11 is 1.26. The normalized spacial score (nSPS) is 12.4. The number of carbonyl (C=O) groups is 1. The molecular formula is C17H18N4O4S. The van der Waals surface area contributed by atoms with E-state index >= 15 is 0 Å². The first-order valence-corrected chi connectivity index (χ1v) is 8.78. The van der Waals surface area contributed by atoms with Crippen molar-refractivity contribution in [1.29, 1.82) is 0 Å². The zero-order valence-electron chi connectivity index (χ0n) is 14.6. The Bertz CT molecular complexity index is 837. The highest BCUT2D eigenvalue weighted by molar-refractivity contribution is 7.99. The Balaban J connectivity index is 1.56. The van der Waals surface area contributed by atoms with Gasteiger partial charge in [-0.1, -0.05) is 11.8 Å². The van der Waals surface area contributed by atoms with E-state index in [0.29, 0.717) is 22.4 Å². The van der Waals surface area contributed by atoms with Crippen LogP contribution in [0.3, 0.4) is 0 Å². The molecule has 136 valence electrons. The molecule has 1 amide bonds. The number of thioether (sulfide) groups is 1. The number of nitrogens with zero attached hydrogens (tertiary/aromatic N) is 3. The quantitative estimate of drug-likeness (QED) is 0.358. The van der Waals surface area contributed by atoms with Crippen molar-refractivity contribution in [2.75, 3.05) is 19.7 Å². The van der Waals surface area contributed by atoms with Gasteiger partial charge in [0.05, 0.1) is 19.1 Å². The molecule has 1 aromatic heterocycles. The minimum absolute atomic E-state index is 0.154. The molecule has 0 fully saturated rings. The van der Waals surface area contributed by atoms with E-state index in [0.717, 1.165) is 17.0 Å². The van der Waals surface area contributed by atoms with Gasteiger partial charge in [-0.25, -0.2) is 15.4 Å². The predicted octanol–water partition coefficient (Wildman–Crippen LogP) is 2.07. The number of hydrogen-bond donors (Lipinski definition) is 1. The van der Waals surface area contributed by atoms with Crippen molar-refractivity contribution < 1.29 is 19.0 Å². The number of hydrogen-bond acceptors (Lipinski definition) is 8. The molecule has 1 N–H and O–H groups in total. The lowest BCUT2D eigenvalue weighted by Crippen LogP contribution is -2.19. The van der Waals surface area contributed by atoms with Gasteiger partial charge in [0.2, 0.25) is 12.5 Å². The molecule has 0 saturated carbocycles. The lowest BCUT2D eigenvalue weighted by molar-refractivity contribution is -0.118. The fraction of sp³-hybridized carbons (Fsp3) is 0.294. The molecular weight excluding hydrogens is 356 g/mol. The number of rotatable bonds is 6. The van der Waals surface area contributed by atoms with Crippen LogP contribution >= 0.6 is 11.8 Å². The van der Waals surface area contributed by atoms with Gasteiger partial charge in [0.1, 0.15) is 0 Å². The number of fused-ring (bicyclic) bond motifs is 1. The van der Waals surface area contributed by atoms with Crippen LogP contribution in [0.25, 0.3) is 0 Å². The summed E-state index contributed by atoms with van der Waals surface area (Å²) in [7, 11) is 1.55. The van der Waals surface area contributed by atoms with E-state index in [1.807, 2.05) is 19.9 Å². The second-order valence-electron chi connectivity index (χ2n) is 5.47. The number of carbonyl (C=O) groups excluding carboxylic acids is 1. The van der Waals surface area contributed by atoms with Crippen LogP contribution in [0.4, 0.5) is 0 Å². The number of hydrazone groups is 1. The maximum Gasteiger partial charge on any atom is 0.250 e. The highest BCUT2D eigenvalue weighted by Crippen LogP contribution is 2.41. The minimum atomic E-state index is -0.248. The Morgan fingerprint density at radius 2 is 2.08 bits per heavy atom. The van der Waals surface area contributed by atoms with Gasteiger partial charge in [0.25, 0.3) is 5.91 Å². The van der Waals surface area contributed by atoms with E-state index < -0.39 is 0 Å². The number of ether oxygens (including phenoxy) is 3.